The molecule has 0 heterocycles. The Balaban J connectivity index is 2.46. The second-order valence-corrected chi connectivity index (χ2v) is 3.74. The van der Waals surface area contributed by atoms with Crippen molar-refractivity contribution >= 4 is 0 Å². The van der Waals surface area contributed by atoms with Crippen molar-refractivity contribution in [2.75, 3.05) is 13.7 Å². The van der Waals surface area contributed by atoms with Gasteiger partial charge >= 0.3 is 0 Å². The van der Waals surface area contributed by atoms with E-state index < -0.39 is 0 Å². The molecule has 0 aliphatic rings. The average molecular weight is 236 g/mol. The molecule has 0 saturated carbocycles. The molecule has 0 aliphatic heterocycles. The van der Waals surface area contributed by atoms with Gasteiger partial charge < -0.3 is 14.6 Å². The van der Waals surface area contributed by atoms with E-state index in [4.69, 9.17) is 14.6 Å². The van der Waals surface area contributed by atoms with Crippen molar-refractivity contribution < 1.29 is 14.6 Å². The van der Waals surface area contributed by atoms with Crippen molar-refractivity contribution in [1.29, 1.82) is 0 Å². The van der Waals surface area contributed by atoms with Crippen LogP contribution in [0.25, 0.3) is 0 Å². The summed E-state index contributed by atoms with van der Waals surface area (Å²) in [5.74, 6) is 0.842. The van der Waals surface area contributed by atoms with Crippen LogP contribution in [0.3, 0.4) is 0 Å². The number of allylic oxidation sites excluding steroid dienone is 1. The van der Waals surface area contributed by atoms with E-state index in [1.54, 1.807) is 7.11 Å². The minimum absolute atomic E-state index is 0.0212. The Morgan fingerprint density at radius 1 is 1.29 bits per heavy atom. The zero-order valence-corrected chi connectivity index (χ0v) is 10.4. The Morgan fingerprint density at radius 3 is 2.53 bits per heavy atom. The summed E-state index contributed by atoms with van der Waals surface area (Å²) in [7, 11) is 1.65. The first-order valence-corrected chi connectivity index (χ1v) is 5.78. The summed E-state index contributed by atoms with van der Waals surface area (Å²) in [5.41, 5.74) is 1.10. The van der Waals surface area contributed by atoms with Crippen LogP contribution in [0.5, 0.6) is 5.75 Å². The average Bonchev–Trinajstić information content (AvgIpc) is 2.37. The van der Waals surface area contributed by atoms with Gasteiger partial charge in [0.25, 0.3) is 0 Å². The zero-order valence-electron chi connectivity index (χ0n) is 10.4. The molecule has 0 radical (unpaired) electrons. The standard InChI is InChI=1S/C14H20O3/c1-3-4-14(9-10-15)17-11-12-5-7-13(16-2)8-6-12/h3-8,14-15H,9-11H2,1-2H3/b4-3-. The summed E-state index contributed by atoms with van der Waals surface area (Å²) in [6, 6.07) is 7.78. The third kappa shape index (κ3) is 5.02. The van der Waals surface area contributed by atoms with Crippen LogP contribution < -0.4 is 4.74 Å². The summed E-state index contributed by atoms with van der Waals surface area (Å²) >= 11 is 0. The van der Waals surface area contributed by atoms with Crippen LogP contribution in [0.15, 0.2) is 36.4 Å². The molecule has 1 unspecified atom stereocenters. The molecule has 0 spiro atoms. The van der Waals surface area contributed by atoms with Gasteiger partial charge in [0.1, 0.15) is 5.75 Å². The van der Waals surface area contributed by atoms with Gasteiger partial charge in [-0.25, -0.2) is 0 Å². The Morgan fingerprint density at radius 2 is 2.00 bits per heavy atom. The minimum Gasteiger partial charge on any atom is -0.497 e. The fraction of sp³-hybridized carbons (Fsp3) is 0.429. The second-order valence-electron chi connectivity index (χ2n) is 3.74. The lowest BCUT2D eigenvalue weighted by atomic mass is 10.2. The Hall–Kier alpha value is -1.32. The van der Waals surface area contributed by atoms with Gasteiger partial charge in [-0.2, -0.15) is 0 Å². The van der Waals surface area contributed by atoms with Crippen LogP contribution in [-0.4, -0.2) is 24.9 Å². The van der Waals surface area contributed by atoms with E-state index in [2.05, 4.69) is 0 Å². The van der Waals surface area contributed by atoms with E-state index >= 15 is 0 Å². The molecule has 1 rings (SSSR count). The monoisotopic (exact) mass is 236 g/mol. The molecule has 1 N–H and O–H groups in total. The number of hydrogen-bond acceptors (Lipinski definition) is 3. The highest BCUT2D eigenvalue weighted by Gasteiger charge is 2.04. The number of rotatable bonds is 7. The lowest BCUT2D eigenvalue weighted by Crippen LogP contribution is -2.11. The van der Waals surface area contributed by atoms with Crippen LogP contribution in [0.4, 0.5) is 0 Å². The number of benzene rings is 1. The quantitative estimate of drug-likeness (QED) is 0.739. The van der Waals surface area contributed by atoms with Crippen LogP contribution in [0.2, 0.25) is 0 Å². The molecule has 0 saturated heterocycles. The molecule has 0 amide bonds. The third-order valence-corrected chi connectivity index (χ3v) is 2.44. The Bertz CT molecular complexity index is 330. The van der Waals surface area contributed by atoms with Crippen LogP contribution >= 0.6 is 0 Å². The predicted octanol–water partition coefficient (Wildman–Crippen LogP) is 2.54. The molecule has 0 bridgehead atoms. The van der Waals surface area contributed by atoms with Gasteiger partial charge in [0.05, 0.1) is 19.8 Å². The maximum Gasteiger partial charge on any atom is 0.118 e. The maximum atomic E-state index is 8.90. The zero-order chi connectivity index (χ0) is 12.5. The molecule has 94 valence electrons. The fourth-order valence-corrected chi connectivity index (χ4v) is 1.50. The van der Waals surface area contributed by atoms with E-state index in [9.17, 15) is 0 Å². The third-order valence-electron chi connectivity index (χ3n) is 2.44. The lowest BCUT2D eigenvalue weighted by molar-refractivity contribution is 0.0543. The second kappa shape index (κ2) is 7.87. The van der Waals surface area contributed by atoms with E-state index in [0.717, 1.165) is 11.3 Å². The summed E-state index contributed by atoms with van der Waals surface area (Å²) in [6.45, 7) is 2.62. The smallest absolute Gasteiger partial charge is 0.118 e. The fourth-order valence-electron chi connectivity index (χ4n) is 1.50. The van der Waals surface area contributed by atoms with E-state index in [1.807, 2.05) is 43.3 Å². The summed E-state index contributed by atoms with van der Waals surface area (Å²) in [4.78, 5) is 0. The molecule has 3 nitrogen and oxygen atoms in total. The number of methoxy groups -OCH3 is 1. The topological polar surface area (TPSA) is 38.7 Å². The predicted molar refractivity (Wildman–Crippen MR) is 68.1 cm³/mol. The van der Waals surface area contributed by atoms with Crippen LogP contribution in [0, 0.1) is 0 Å². The van der Waals surface area contributed by atoms with Crippen LogP contribution in [0.1, 0.15) is 18.9 Å². The normalized spacial score (nSPS) is 12.9. The SMILES string of the molecule is C/C=C\C(CCO)OCc1ccc(OC)cc1. The number of aliphatic hydroxyl groups is 1. The van der Waals surface area contributed by atoms with Crippen molar-refractivity contribution in [2.45, 2.75) is 26.1 Å². The van der Waals surface area contributed by atoms with Gasteiger partial charge in [-0.05, 0) is 24.6 Å². The van der Waals surface area contributed by atoms with Crippen molar-refractivity contribution in [1.82, 2.24) is 0 Å². The summed E-state index contributed by atoms with van der Waals surface area (Å²) < 4.78 is 10.8. The first kappa shape index (κ1) is 13.7. The van der Waals surface area contributed by atoms with E-state index in [-0.39, 0.29) is 12.7 Å². The molecule has 3 heteroatoms. The molecule has 1 atom stereocenters. The number of aliphatic hydroxyl groups excluding tert-OH is 1. The number of hydrogen-bond donors (Lipinski definition) is 1. The van der Waals surface area contributed by atoms with Crippen LogP contribution in [-0.2, 0) is 11.3 Å². The molecule has 1 aromatic rings. The van der Waals surface area contributed by atoms with E-state index in [1.165, 1.54) is 0 Å². The number of ether oxygens (including phenoxy) is 2. The Labute approximate surface area is 103 Å². The van der Waals surface area contributed by atoms with Gasteiger partial charge in [-0.1, -0.05) is 24.3 Å². The highest BCUT2D eigenvalue weighted by atomic mass is 16.5. The molecule has 1 aromatic carbocycles. The summed E-state index contributed by atoms with van der Waals surface area (Å²) in [5, 5.41) is 8.90. The van der Waals surface area contributed by atoms with Gasteiger partial charge in [0.15, 0.2) is 0 Å². The van der Waals surface area contributed by atoms with Gasteiger partial charge in [-0.3, -0.25) is 0 Å². The largest absolute Gasteiger partial charge is 0.497 e. The maximum absolute atomic E-state index is 8.90. The molecule has 17 heavy (non-hydrogen) atoms. The highest BCUT2D eigenvalue weighted by Crippen LogP contribution is 2.13. The molecule has 0 aliphatic carbocycles. The van der Waals surface area contributed by atoms with Crippen molar-refractivity contribution in [3.63, 3.8) is 0 Å². The molecule has 0 aromatic heterocycles. The molecular weight excluding hydrogens is 216 g/mol. The van der Waals surface area contributed by atoms with E-state index in [0.29, 0.717) is 13.0 Å². The summed E-state index contributed by atoms with van der Waals surface area (Å²) in [6.07, 6.45) is 4.50. The Kier molecular flexibility index (Phi) is 6.37. The molecular formula is C14H20O3. The first-order valence-electron chi connectivity index (χ1n) is 5.78. The van der Waals surface area contributed by atoms with Gasteiger partial charge in [0.2, 0.25) is 0 Å². The first-order chi connectivity index (χ1) is 8.30. The highest BCUT2D eigenvalue weighted by molar-refractivity contribution is 5.26. The van der Waals surface area contributed by atoms with Gasteiger partial charge in [-0.15, -0.1) is 0 Å². The lowest BCUT2D eigenvalue weighted by Gasteiger charge is -2.13. The molecule has 0 fully saturated rings. The van der Waals surface area contributed by atoms with Crippen molar-refractivity contribution in [3.05, 3.63) is 42.0 Å². The van der Waals surface area contributed by atoms with Gasteiger partial charge in [0, 0.05) is 13.0 Å². The minimum atomic E-state index is -0.0212. The van der Waals surface area contributed by atoms with Crippen molar-refractivity contribution in [2.24, 2.45) is 0 Å². The van der Waals surface area contributed by atoms with Crippen molar-refractivity contribution in [3.8, 4) is 5.75 Å².